The maximum atomic E-state index is 12.5. The third-order valence-electron chi connectivity index (χ3n) is 3.22. The minimum absolute atomic E-state index is 0.0924. The zero-order valence-corrected chi connectivity index (χ0v) is 16.2. The van der Waals surface area contributed by atoms with Crippen LogP contribution in [0.25, 0.3) is 0 Å². The number of nitrogens with one attached hydrogen (secondary N) is 2. The fraction of sp³-hybridized carbons (Fsp3) is 0.222. The zero-order valence-electron chi connectivity index (χ0n) is 13.8. The maximum absolute atomic E-state index is 12.5. The molecule has 0 spiro atoms. The summed E-state index contributed by atoms with van der Waals surface area (Å²) in [6, 6.07) is 14.6. The number of methoxy groups -OCH3 is 1. The van der Waals surface area contributed by atoms with E-state index in [9.17, 15) is 9.59 Å². The molecule has 2 N–H and O–H groups in total. The lowest BCUT2D eigenvalue weighted by molar-refractivity contribution is -0.118. The van der Waals surface area contributed by atoms with Crippen molar-refractivity contribution in [3.63, 3.8) is 0 Å². The van der Waals surface area contributed by atoms with E-state index in [0.717, 1.165) is 9.37 Å². The van der Waals surface area contributed by atoms with E-state index in [1.165, 1.54) is 11.8 Å². The van der Waals surface area contributed by atoms with Gasteiger partial charge in [0.25, 0.3) is 5.91 Å². The Kier molecular flexibility index (Phi) is 7.97. The van der Waals surface area contributed by atoms with Crippen LogP contribution in [0.2, 0.25) is 0 Å². The SMILES string of the molecule is COCCNC(=O)CSc1ccccc1C(=O)Nc1ccc(Br)cc1. The fourth-order valence-electron chi connectivity index (χ4n) is 2.00. The van der Waals surface area contributed by atoms with E-state index in [1.54, 1.807) is 19.2 Å². The maximum Gasteiger partial charge on any atom is 0.256 e. The Hall–Kier alpha value is -1.83. The molecule has 2 amide bonds. The van der Waals surface area contributed by atoms with Crippen LogP contribution in [0.1, 0.15) is 10.4 Å². The van der Waals surface area contributed by atoms with Gasteiger partial charge < -0.3 is 15.4 Å². The molecule has 0 fully saturated rings. The third-order valence-corrected chi connectivity index (χ3v) is 4.82. The van der Waals surface area contributed by atoms with Gasteiger partial charge in [-0.3, -0.25) is 9.59 Å². The van der Waals surface area contributed by atoms with Crippen molar-refractivity contribution in [1.82, 2.24) is 5.32 Å². The van der Waals surface area contributed by atoms with Crippen molar-refractivity contribution in [3.05, 3.63) is 58.6 Å². The van der Waals surface area contributed by atoms with Crippen molar-refractivity contribution in [1.29, 1.82) is 0 Å². The Balaban J connectivity index is 1.98. The molecule has 0 aromatic heterocycles. The second kappa shape index (κ2) is 10.2. The van der Waals surface area contributed by atoms with E-state index in [-0.39, 0.29) is 17.6 Å². The normalized spacial score (nSPS) is 10.3. The number of hydrogen-bond donors (Lipinski definition) is 2. The third kappa shape index (κ3) is 6.53. The van der Waals surface area contributed by atoms with Crippen LogP contribution in [0.3, 0.4) is 0 Å². The summed E-state index contributed by atoms with van der Waals surface area (Å²) in [6.07, 6.45) is 0. The molecule has 0 unspecified atom stereocenters. The van der Waals surface area contributed by atoms with E-state index >= 15 is 0 Å². The molecular weight excluding hydrogens is 404 g/mol. The summed E-state index contributed by atoms with van der Waals surface area (Å²) in [5.74, 6) is -0.0536. The Bertz CT molecular complexity index is 723. The summed E-state index contributed by atoms with van der Waals surface area (Å²) < 4.78 is 5.84. The lowest BCUT2D eigenvalue weighted by Crippen LogP contribution is -2.28. The Labute approximate surface area is 159 Å². The topological polar surface area (TPSA) is 67.4 Å². The molecule has 0 saturated heterocycles. The summed E-state index contributed by atoms with van der Waals surface area (Å²) in [4.78, 5) is 25.1. The molecule has 0 aliphatic heterocycles. The molecule has 25 heavy (non-hydrogen) atoms. The second-order valence-corrected chi connectivity index (χ2v) is 7.02. The number of hydrogen-bond acceptors (Lipinski definition) is 4. The number of rotatable bonds is 8. The Morgan fingerprint density at radius 3 is 2.56 bits per heavy atom. The predicted octanol–water partition coefficient (Wildman–Crippen LogP) is 3.56. The predicted molar refractivity (Wildman–Crippen MR) is 104 cm³/mol. The largest absolute Gasteiger partial charge is 0.383 e. The van der Waals surface area contributed by atoms with Gasteiger partial charge in [0.05, 0.1) is 17.9 Å². The molecule has 2 aromatic carbocycles. The molecule has 5 nitrogen and oxygen atoms in total. The van der Waals surface area contributed by atoms with Crippen LogP contribution in [0, 0.1) is 0 Å². The van der Waals surface area contributed by atoms with Gasteiger partial charge in [0.15, 0.2) is 0 Å². The molecule has 0 bridgehead atoms. The van der Waals surface area contributed by atoms with E-state index < -0.39 is 0 Å². The summed E-state index contributed by atoms with van der Waals surface area (Å²) >= 11 is 4.70. The summed E-state index contributed by atoms with van der Waals surface area (Å²) in [6.45, 7) is 0.949. The van der Waals surface area contributed by atoms with E-state index in [0.29, 0.717) is 24.4 Å². The number of carbonyl (C=O) groups excluding carboxylic acids is 2. The minimum atomic E-state index is -0.204. The van der Waals surface area contributed by atoms with Crippen LogP contribution in [0.15, 0.2) is 57.9 Å². The highest BCUT2D eigenvalue weighted by Gasteiger charge is 2.13. The van der Waals surface area contributed by atoms with Gasteiger partial charge in [-0.1, -0.05) is 28.1 Å². The van der Waals surface area contributed by atoms with Crippen LogP contribution in [0.5, 0.6) is 0 Å². The minimum Gasteiger partial charge on any atom is -0.383 e. The fourth-order valence-corrected chi connectivity index (χ4v) is 3.14. The summed E-state index contributed by atoms with van der Waals surface area (Å²) in [7, 11) is 1.58. The molecule has 0 aliphatic carbocycles. The van der Waals surface area contributed by atoms with Gasteiger partial charge in [-0.15, -0.1) is 11.8 Å². The van der Waals surface area contributed by atoms with Crippen molar-refractivity contribution in [2.24, 2.45) is 0 Å². The number of carbonyl (C=O) groups is 2. The lowest BCUT2D eigenvalue weighted by atomic mass is 10.2. The van der Waals surface area contributed by atoms with Gasteiger partial charge in [-0.2, -0.15) is 0 Å². The average Bonchev–Trinajstić information content (AvgIpc) is 2.62. The number of benzene rings is 2. The Morgan fingerprint density at radius 2 is 1.84 bits per heavy atom. The highest BCUT2D eigenvalue weighted by atomic mass is 79.9. The molecule has 2 rings (SSSR count). The average molecular weight is 423 g/mol. The van der Waals surface area contributed by atoms with Gasteiger partial charge in [0, 0.05) is 28.7 Å². The molecular formula is C18H19BrN2O3S. The number of halogens is 1. The highest BCUT2D eigenvalue weighted by Crippen LogP contribution is 2.24. The first kappa shape index (κ1) is 19.5. The van der Waals surface area contributed by atoms with Crippen LogP contribution in [-0.2, 0) is 9.53 Å². The number of thioether (sulfide) groups is 1. The van der Waals surface area contributed by atoms with Crippen LogP contribution >= 0.6 is 27.7 Å². The first-order valence-electron chi connectivity index (χ1n) is 7.64. The smallest absolute Gasteiger partial charge is 0.256 e. The number of anilines is 1. The van der Waals surface area contributed by atoms with E-state index in [2.05, 4.69) is 26.6 Å². The summed E-state index contributed by atoms with van der Waals surface area (Å²) in [5.41, 5.74) is 1.26. The molecule has 132 valence electrons. The standard InChI is InChI=1S/C18H19BrN2O3S/c1-24-11-10-20-17(22)12-25-16-5-3-2-4-15(16)18(23)21-14-8-6-13(19)7-9-14/h2-9H,10-12H2,1H3,(H,20,22)(H,21,23). The van der Waals surface area contributed by atoms with Gasteiger partial charge in [-0.25, -0.2) is 0 Å². The first-order valence-corrected chi connectivity index (χ1v) is 9.42. The molecule has 0 atom stereocenters. The van der Waals surface area contributed by atoms with Gasteiger partial charge in [-0.05, 0) is 36.4 Å². The number of ether oxygens (including phenoxy) is 1. The number of amides is 2. The van der Waals surface area contributed by atoms with Gasteiger partial charge >= 0.3 is 0 Å². The van der Waals surface area contributed by atoms with E-state index in [4.69, 9.17) is 4.74 Å². The van der Waals surface area contributed by atoms with Gasteiger partial charge in [0.2, 0.25) is 5.91 Å². The van der Waals surface area contributed by atoms with Crippen molar-refractivity contribution in [3.8, 4) is 0 Å². The Morgan fingerprint density at radius 1 is 1.12 bits per heavy atom. The molecule has 0 aliphatic rings. The monoisotopic (exact) mass is 422 g/mol. The van der Waals surface area contributed by atoms with Crippen LogP contribution in [0.4, 0.5) is 5.69 Å². The molecule has 0 radical (unpaired) electrons. The molecule has 0 saturated carbocycles. The molecule has 7 heteroatoms. The van der Waals surface area contributed by atoms with Crippen molar-refractivity contribution < 1.29 is 14.3 Å². The zero-order chi connectivity index (χ0) is 18.1. The van der Waals surface area contributed by atoms with Gasteiger partial charge in [0.1, 0.15) is 0 Å². The highest BCUT2D eigenvalue weighted by molar-refractivity contribution is 9.10. The summed E-state index contributed by atoms with van der Waals surface area (Å²) in [5, 5.41) is 5.62. The first-order chi connectivity index (χ1) is 12.1. The molecule has 2 aromatic rings. The second-order valence-electron chi connectivity index (χ2n) is 5.09. The van der Waals surface area contributed by atoms with Crippen LogP contribution < -0.4 is 10.6 Å². The quantitative estimate of drug-likeness (QED) is 0.504. The lowest BCUT2D eigenvalue weighted by Gasteiger charge is -2.10. The van der Waals surface area contributed by atoms with Crippen molar-refractivity contribution in [2.75, 3.05) is 31.3 Å². The van der Waals surface area contributed by atoms with E-state index in [1.807, 2.05) is 36.4 Å². The van der Waals surface area contributed by atoms with Crippen LogP contribution in [-0.4, -0.2) is 37.8 Å². The van der Waals surface area contributed by atoms with Crippen molar-refractivity contribution in [2.45, 2.75) is 4.90 Å². The molecule has 0 heterocycles. The van der Waals surface area contributed by atoms with Crippen molar-refractivity contribution >= 4 is 45.2 Å².